The molecule has 0 aliphatic carbocycles. The normalized spacial score (nSPS) is 12.4. The lowest BCUT2D eigenvalue weighted by atomic mass is 9.96. The van der Waals surface area contributed by atoms with Crippen LogP contribution in [-0.2, 0) is 6.18 Å². The predicted molar refractivity (Wildman–Crippen MR) is 111 cm³/mol. The van der Waals surface area contributed by atoms with Crippen LogP contribution in [0.25, 0.3) is 10.8 Å². The highest BCUT2D eigenvalue weighted by Crippen LogP contribution is 2.36. The predicted octanol–water partition coefficient (Wildman–Crippen LogP) is 5.56. The Morgan fingerprint density at radius 1 is 0.903 bits per heavy atom. The van der Waals surface area contributed by atoms with E-state index in [2.05, 4.69) is 20.6 Å². The smallest absolute Gasteiger partial charge is 0.325 e. The average Bonchev–Trinajstić information content (AvgIpc) is 2.77. The van der Waals surface area contributed by atoms with E-state index in [1.165, 1.54) is 18.5 Å². The van der Waals surface area contributed by atoms with Crippen molar-refractivity contribution in [1.29, 1.82) is 0 Å². The Morgan fingerprint density at radius 3 is 2.42 bits per heavy atom. The third kappa shape index (κ3) is 4.63. The maximum absolute atomic E-state index is 13.7. The molecule has 31 heavy (non-hydrogen) atoms. The van der Waals surface area contributed by atoms with E-state index in [1.807, 2.05) is 24.3 Å². The van der Waals surface area contributed by atoms with Crippen molar-refractivity contribution in [3.8, 4) is 0 Å². The fourth-order valence-corrected chi connectivity index (χ4v) is 3.32. The highest BCUT2D eigenvalue weighted by molar-refractivity contribution is 5.90. The number of hydrogen-bond donors (Lipinski definition) is 2. The van der Waals surface area contributed by atoms with Gasteiger partial charge in [-0.25, -0.2) is 4.79 Å². The lowest BCUT2D eigenvalue weighted by molar-refractivity contribution is -0.138. The molecule has 2 aromatic heterocycles. The van der Waals surface area contributed by atoms with E-state index >= 15 is 0 Å². The number of alkyl halides is 3. The van der Waals surface area contributed by atoms with Gasteiger partial charge in [-0.2, -0.15) is 13.2 Å². The number of halogens is 3. The minimum Gasteiger partial charge on any atom is -0.325 e. The maximum atomic E-state index is 13.7. The van der Waals surface area contributed by atoms with E-state index in [0.717, 1.165) is 16.8 Å². The van der Waals surface area contributed by atoms with Gasteiger partial charge in [0.2, 0.25) is 0 Å². The first-order valence-corrected chi connectivity index (χ1v) is 9.40. The third-order valence-corrected chi connectivity index (χ3v) is 4.72. The Morgan fingerprint density at radius 2 is 1.68 bits per heavy atom. The van der Waals surface area contributed by atoms with E-state index in [9.17, 15) is 18.0 Å². The van der Waals surface area contributed by atoms with Crippen LogP contribution >= 0.6 is 0 Å². The molecule has 8 heteroatoms. The molecule has 4 rings (SSSR count). The molecule has 1 atom stereocenters. The number of anilines is 1. The zero-order chi connectivity index (χ0) is 21.8. The molecule has 0 radical (unpaired) electrons. The number of benzene rings is 2. The van der Waals surface area contributed by atoms with E-state index < -0.39 is 23.8 Å². The fraction of sp³-hybridized carbons (Fsp3) is 0.0870. The van der Waals surface area contributed by atoms with Crippen LogP contribution in [0.5, 0.6) is 0 Å². The number of hydrogen-bond acceptors (Lipinski definition) is 3. The second-order valence-corrected chi connectivity index (χ2v) is 6.81. The van der Waals surface area contributed by atoms with Crippen molar-refractivity contribution in [3.63, 3.8) is 0 Å². The molecule has 2 N–H and O–H groups in total. The summed E-state index contributed by atoms with van der Waals surface area (Å²) in [6.45, 7) is 0. The Labute approximate surface area is 176 Å². The Bertz CT molecular complexity index is 1210. The maximum Gasteiger partial charge on any atom is 0.418 e. The zero-order valence-corrected chi connectivity index (χ0v) is 16.1. The lowest BCUT2D eigenvalue weighted by Crippen LogP contribution is -2.35. The highest BCUT2D eigenvalue weighted by atomic mass is 19.4. The van der Waals surface area contributed by atoms with Crippen molar-refractivity contribution < 1.29 is 18.0 Å². The molecule has 4 aromatic rings. The molecule has 0 fully saturated rings. The zero-order valence-electron chi connectivity index (χ0n) is 16.1. The van der Waals surface area contributed by atoms with Gasteiger partial charge in [-0.3, -0.25) is 9.97 Å². The third-order valence-electron chi connectivity index (χ3n) is 4.72. The molecule has 156 valence electrons. The first-order valence-electron chi connectivity index (χ1n) is 9.40. The van der Waals surface area contributed by atoms with Crippen LogP contribution in [0.2, 0.25) is 0 Å². The summed E-state index contributed by atoms with van der Waals surface area (Å²) in [5.41, 5.74) is -0.306. The standard InChI is InChI=1S/C23H17F3N4O/c24-23(25,26)19-8-4-12-28-21(19)20(30-22(31)29-18-7-3-11-27-14-18)17-10-9-15-5-1-2-6-16(15)13-17/h1-14,20H,(H2,29,30,31). The fourth-order valence-electron chi connectivity index (χ4n) is 3.32. The van der Waals surface area contributed by atoms with E-state index in [4.69, 9.17) is 0 Å². The molecular formula is C23H17F3N4O. The van der Waals surface area contributed by atoms with Crippen LogP contribution in [0.1, 0.15) is 22.9 Å². The van der Waals surface area contributed by atoms with Gasteiger partial charge in [-0.15, -0.1) is 0 Å². The molecule has 0 spiro atoms. The molecule has 2 aromatic carbocycles. The summed E-state index contributed by atoms with van der Waals surface area (Å²) in [6, 6.07) is 16.3. The minimum atomic E-state index is -4.62. The number of pyridine rings is 2. The van der Waals surface area contributed by atoms with E-state index in [0.29, 0.717) is 11.3 Å². The highest BCUT2D eigenvalue weighted by Gasteiger charge is 2.37. The van der Waals surface area contributed by atoms with E-state index in [-0.39, 0.29) is 5.69 Å². The number of rotatable bonds is 4. The monoisotopic (exact) mass is 422 g/mol. The van der Waals surface area contributed by atoms with Crippen molar-refractivity contribution in [2.24, 2.45) is 0 Å². The van der Waals surface area contributed by atoms with Gasteiger partial charge in [-0.05, 0) is 46.7 Å². The van der Waals surface area contributed by atoms with Crippen LogP contribution in [0.3, 0.4) is 0 Å². The molecule has 1 unspecified atom stereocenters. The number of amides is 2. The topological polar surface area (TPSA) is 66.9 Å². The molecule has 0 saturated carbocycles. The number of carbonyl (C=O) groups is 1. The van der Waals surface area contributed by atoms with Gasteiger partial charge in [0.25, 0.3) is 0 Å². The van der Waals surface area contributed by atoms with Gasteiger partial charge >= 0.3 is 12.2 Å². The van der Waals surface area contributed by atoms with Gasteiger partial charge < -0.3 is 10.6 Å². The second kappa shape index (κ2) is 8.43. The Hall–Kier alpha value is -3.94. The Kier molecular flexibility index (Phi) is 5.53. The van der Waals surface area contributed by atoms with Crippen molar-refractivity contribution in [2.75, 3.05) is 5.32 Å². The molecule has 0 bridgehead atoms. The van der Waals surface area contributed by atoms with Crippen molar-refractivity contribution in [2.45, 2.75) is 12.2 Å². The number of nitrogens with one attached hydrogen (secondary N) is 2. The molecule has 5 nitrogen and oxygen atoms in total. The molecule has 2 amide bonds. The van der Waals surface area contributed by atoms with Gasteiger partial charge in [-0.1, -0.05) is 36.4 Å². The minimum absolute atomic E-state index is 0.286. The molecular weight excluding hydrogens is 405 g/mol. The van der Waals surface area contributed by atoms with Crippen LogP contribution < -0.4 is 10.6 Å². The first kappa shape index (κ1) is 20.3. The summed E-state index contributed by atoms with van der Waals surface area (Å²) in [7, 11) is 0. The summed E-state index contributed by atoms with van der Waals surface area (Å²) in [6.07, 6.45) is -0.365. The number of carbonyl (C=O) groups excluding carboxylic acids is 1. The van der Waals surface area contributed by atoms with Gasteiger partial charge in [0.05, 0.1) is 29.2 Å². The lowest BCUT2D eigenvalue weighted by Gasteiger charge is -2.23. The van der Waals surface area contributed by atoms with Gasteiger partial charge in [0.15, 0.2) is 0 Å². The molecule has 0 aliphatic rings. The SMILES string of the molecule is O=C(Nc1cccnc1)NC(c1ccc2ccccc2c1)c1ncccc1C(F)(F)F. The van der Waals surface area contributed by atoms with Crippen molar-refractivity contribution >= 4 is 22.5 Å². The van der Waals surface area contributed by atoms with Crippen molar-refractivity contribution in [3.05, 3.63) is 102 Å². The summed E-state index contributed by atoms with van der Waals surface area (Å²) in [5, 5.41) is 6.99. The number of nitrogens with zero attached hydrogens (tertiary/aromatic N) is 2. The Balaban J connectivity index is 1.76. The summed E-state index contributed by atoms with van der Waals surface area (Å²) >= 11 is 0. The van der Waals surface area contributed by atoms with E-state index in [1.54, 1.807) is 36.5 Å². The van der Waals surface area contributed by atoms with Crippen LogP contribution in [0, 0.1) is 0 Å². The quantitative estimate of drug-likeness (QED) is 0.453. The summed E-state index contributed by atoms with van der Waals surface area (Å²) < 4.78 is 41.1. The second-order valence-electron chi connectivity index (χ2n) is 6.81. The summed E-state index contributed by atoms with van der Waals surface area (Å²) in [5.74, 6) is 0. The average molecular weight is 422 g/mol. The van der Waals surface area contributed by atoms with Gasteiger partial charge in [0.1, 0.15) is 0 Å². The van der Waals surface area contributed by atoms with Crippen LogP contribution in [-0.4, -0.2) is 16.0 Å². The largest absolute Gasteiger partial charge is 0.418 e. The number of urea groups is 1. The van der Waals surface area contributed by atoms with Crippen LogP contribution in [0.15, 0.2) is 85.3 Å². The van der Waals surface area contributed by atoms with Gasteiger partial charge in [0, 0.05) is 12.4 Å². The van der Waals surface area contributed by atoms with Crippen LogP contribution in [0.4, 0.5) is 23.7 Å². The first-order chi connectivity index (χ1) is 14.9. The number of aromatic nitrogens is 2. The van der Waals surface area contributed by atoms with Crippen molar-refractivity contribution in [1.82, 2.24) is 15.3 Å². The summed E-state index contributed by atoms with van der Waals surface area (Å²) in [4.78, 5) is 20.5. The molecule has 0 saturated heterocycles. The molecule has 2 heterocycles. The number of fused-ring (bicyclic) bond motifs is 1. The molecule has 0 aliphatic heterocycles.